The molecule has 1 aromatic heterocycles. The van der Waals surface area contributed by atoms with Crippen LogP contribution in [-0.4, -0.2) is 48.8 Å². The second-order valence-corrected chi connectivity index (χ2v) is 6.65. The monoisotopic (exact) mass is 349 g/mol. The van der Waals surface area contributed by atoms with Gasteiger partial charge in [0.2, 0.25) is 0 Å². The molecule has 0 amide bonds. The van der Waals surface area contributed by atoms with Crippen molar-refractivity contribution in [2.45, 2.75) is 58.6 Å². The fraction of sp³-hybridized carbons (Fsp3) is 0.684. The second-order valence-electron chi connectivity index (χ2n) is 6.65. The summed E-state index contributed by atoms with van der Waals surface area (Å²) in [5, 5.41) is 17.3. The maximum atomic E-state index is 10.8. The van der Waals surface area contributed by atoms with Crippen LogP contribution in [0.2, 0.25) is 0 Å². The summed E-state index contributed by atoms with van der Waals surface area (Å²) in [7, 11) is 3.96. The highest BCUT2D eigenvalue weighted by atomic mass is 16.3. The summed E-state index contributed by atoms with van der Waals surface area (Å²) in [6, 6.07) is 3.97. The first-order chi connectivity index (χ1) is 12.0. The van der Waals surface area contributed by atoms with E-state index in [2.05, 4.69) is 34.5 Å². The van der Waals surface area contributed by atoms with Gasteiger partial charge in [-0.2, -0.15) is 0 Å². The molecular formula is C19H35N5O. The summed E-state index contributed by atoms with van der Waals surface area (Å²) < 4.78 is 0. The molecule has 0 unspecified atom stereocenters. The number of rotatable bonds is 10. The molecule has 0 saturated heterocycles. The van der Waals surface area contributed by atoms with Crippen LogP contribution in [0.1, 0.15) is 52.0 Å². The molecule has 0 spiro atoms. The van der Waals surface area contributed by atoms with Crippen molar-refractivity contribution in [1.29, 1.82) is 0 Å². The number of aliphatic imine (C=N–C) groups is 1. The molecule has 0 radical (unpaired) electrons. The van der Waals surface area contributed by atoms with Gasteiger partial charge < -0.3 is 20.6 Å². The van der Waals surface area contributed by atoms with Gasteiger partial charge in [-0.05, 0) is 25.8 Å². The smallest absolute Gasteiger partial charge is 0.191 e. The molecule has 0 aliphatic carbocycles. The predicted octanol–water partition coefficient (Wildman–Crippen LogP) is 2.53. The largest absolute Gasteiger partial charge is 0.388 e. The number of aliphatic hydroxyl groups is 1. The number of pyridine rings is 1. The van der Waals surface area contributed by atoms with Gasteiger partial charge in [0.25, 0.3) is 0 Å². The van der Waals surface area contributed by atoms with Crippen molar-refractivity contribution < 1.29 is 5.11 Å². The molecule has 25 heavy (non-hydrogen) atoms. The topological polar surface area (TPSA) is 72.8 Å². The Bertz CT molecular complexity index is 524. The summed E-state index contributed by atoms with van der Waals surface area (Å²) in [6.07, 6.45) is 5.31. The zero-order valence-corrected chi connectivity index (χ0v) is 16.5. The molecule has 3 N–H and O–H groups in total. The molecule has 0 aromatic carbocycles. The van der Waals surface area contributed by atoms with E-state index in [1.807, 2.05) is 38.1 Å². The zero-order chi connectivity index (χ0) is 18.7. The first-order valence-corrected chi connectivity index (χ1v) is 9.31. The molecule has 6 nitrogen and oxygen atoms in total. The van der Waals surface area contributed by atoms with Crippen molar-refractivity contribution >= 4 is 11.8 Å². The minimum Gasteiger partial charge on any atom is -0.388 e. The highest BCUT2D eigenvalue weighted by molar-refractivity contribution is 5.79. The van der Waals surface area contributed by atoms with Gasteiger partial charge in [-0.15, -0.1) is 0 Å². The maximum Gasteiger partial charge on any atom is 0.191 e. The van der Waals surface area contributed by atoms with Crippen LogP contribution in [-0.2, 0) is 6.54 Å². The van der Waals surface area contributed by atoms with E-state index in [1.165, 1.54) is 0 Å². The predicted molar refractivity (Wildman–Crippen MR) is 106 cm³/mol. The number of nitrogens with one attached hydrogen (secondary N) is 2. The van der Waals surface area contributed by atoms with Crippen LogP contribution in [0.25, 0.3) is 0 Å². The Morgan fingerprint density at radius 1 is 1.20 bits per heavy atom. The zero-order valence-electron chi connectivity index (χ0n) is 16.5. The molecule has 1 rings (SSSR count). The quantitative estimate of drug-likeness (QED) is 0.447. The van der Waals surface area contributed by atoms with E-state index in [1.54, 1.807) is 6.20 Å². The van der Waals surface area contributed by atoms with Crippen LogP contribution in [0.5, 0.6) is 0 Å². The minimum atomic E-state index is -0.678. The standard InChI is InChI=1S/C19H35N5O/c1-6-11-19(25,12-7-2)15-23-18(20-8-3)22-14-16-10-9-13-21-17(16)24(4)5/h9-10,13,25H,6-8,11-12,14-15H2,1-5H3,(H2,20,22,23). The second kappa shape index (κ2) is 10.9. The van der Waals surface area contributed by atoms with Crippen molar-refractivity contribution in [3.05, 3.63) is 23.9 Å². The van der Waals surface area contributed by atoms with Crippen LogP contribution in [0.3, 0.4) is 0 Å². The minimum absolute atomic E-state index is 0.508. The van der Waals surface area contributed by atoms with E-state index in [0.717, 1.165) is 49.6 Å². The van der Waals surface area contributed by atoms with E-state index in [-0.39, 0.29) is 0 Å². The molecule has 0 bridgehead atoms. The van der Waals surface area contributed by atoms with E-state index in [9.17, 15) is 5.11 Å². The lowest BCUT2D eigenvalue weighted by atomic mass is 9.93. The lowest BCUT2D eigenvalue weighted by Gasteiger charge is -2.28. The summed E-state index contributed by atoms with van der Waals surface area (Å²) in [5.74, 6) is 1.65. The van der Waals surface area contributed by atoms with Crippen molar-refractivity contribution in [2.75, 3.05) is 32.1 Å². The van der Waals surface area contributed by atoms with Gasteiger partial charge in [-0.1, -0.05) is 32.8 Å². The average molecular weight is 350 g/mol. The molecule has 1 aromatic rings. The van der Waals surface area contributed by atoms with Gasteiger partial charge in [-0.3, -0.25) is 0 Å². The Morgan fingerprint density at radius 3 is 2.44 bits per heavy atom. The molecule has 0 atom stereocenters. The molecule has 0 aliphatic rings. The van der Waals surface area contributed by atoms with Gasteiger partial charge in [0.15, 0.2) is 5.96 Å². The lowest BCUT2D eigenvalue weighted by Crippen LogP contribution is -2.47. The highest BCUT2D eigenvalue weighted by Crippen LogP contribution is 2.18. The normalized spacial score (nSPS) is 12.2. The molecule has 142 valence electrons. The van der Waals surface area contributed by atoms with Gasteiger partial charge >= 0.3 is 0 Å². The van der Waals surface area contributed by atoms with Crippen molar-refractivity contribution in [3.8, 4) is 0 Å². The Hall–Kier alpha value is -1.82. The number of aromatic nitrogens is 1. The van der Waals surface area contributed by atoms with Crippen LogP contribution in [0.4, 0.5) is 5.82 Å². The number of nitrogens with zero attached hydrogens (tertiary/aromatic N) is 3. The van der Waals surface area contributed by atoms with E-state index < -0.39 is 5.60 Å². The summed E-state index contributed by atoms with van der Waals surface area (Å²) in [4.78, 5) is 11.1. The SMILES string of the molecule is CCCC(O)(CCC)CNC(=NCc1cccnc1N(C)C)NCC. The summed E-state index contributed by atoms with van der Waals surface area (Å²) in [6.45, 7) is 8.07. The fourth-order valence-corrected chi connectivity index (χ4v) is 2.94. The Morgan fingerprint density at radius 2 is 1.88 bits per heavy atom. The van der Waals surface area contributed by atoms with Gasteiger partial charge in [0.05, 0.1) is 12.1 Å². The van der Waals surface area contributed by atoms with Crippen LogP contribution in [0, 0.1) is 0 Å². The molecule has 0 saturated carbocycles. The van der Waals surface area contributed by atoms with Crippen molar-refractivity contribution in [2.24, 2.45) is 4.99 Å². The van der Waals surface area contributed by atoms with Crippen LogP contribution < -0.4 is 15.5 Å². The molecule has 0 fully saturated rings. The van der Waals surface area contributed by atoms with Gasteiger partial charge in [0.1, 0.15) is 5.82 Å². The highest BCUT2D eigenvalue weighted by Gasteiger charge is 2.24. The third-order valence-electron chi connectivity index (χ3n) is 4.06. The first-order valence-electron chi connectivity index (χ1n) is 9.31. The summed E-state index contributed by atoms with van der Waals surface area (Å²) >= 11 is 0. The number of hydrogen-bond donors (Lipinski definition) is 3. The average Bonchev–Trinajstić information content (AvgIpc) is 2.58. The lowest BCUT2D eigenvalue weighted by molar-refractivity contribution is 0.0257. The van der Waals surface area contributed by atoms with E-state index >= 15 is 0 Å². The molecule has 6 heteroatoms. The summed E-state index contributed by atoms with van der Waals surface area (Å²) in [5.41, 5.74) is 0.394. The van der Waals surface area contributed by atoms with Crippen molar-refractivity contribution in [1.82, 2.24) is 15.6 Å². The fourth-order valence-electron chi connectivity index (χ4n) is 2.94. The number of anilines is 1. The number of hydrogen-bond acceptors (Lipinski definition) is 4. The van der Waals surface area contributed by atoms with Crippen LogP contribution in [0.15, 0.2) is 23.3 Å². The number of guanidine groups is 1. The Balaban J connectivity index is 2.80. The Labute approximate surface area is 152 Å². The van der Waals surface area contributed by atoms with Gasteiger partial charge in [0, 0.05) is 38.9 Å². The molecule has 1 heterocycles. The third-order valence-corrected chi connectivity index (χ3v) is 4.06. The molecule has 0 aliphatic heterocycles. The first kappa shape index (κ1) is 21.2. The van der Waals surface area contributed by atoms with E-state index in [4.69, 9.17) is 0 Å². The third kappa shape index (κ3) is 7.30. The van der Waals surface area contributed by atoms with Crippen LogP contribution >= 0.6 is 0 Å². The van der Waals surface area contributed by atoms with E-state index in [0.29, 0.717) is 13.1 Å². The molecular weight excluding hydrogens is 314 g/mol. The van der Waals surface area contributed by atoms with Crippen molar-refractivity contribution in [3.63, 3.8) is 0 Å². The van der Waals surface area contributed by atoms with Gasteiger partial charge in [-0.25, -0.2) is 9.98 Å². The maximum absolute atomic E-state index is 10.8. The Kier molecular flexibility index (Phi) is 9.27.